The van der Waals surface area contributed by atoms with Crippen molar-refractivity contribution in [2.45, 2.75) is 0 Å². The van der Waals surface area contributed by atoms with Gasteiger partial charge >= 0.3 is 0 Å². The van der Waals surface area contributed by atoms with Crippen LogP contribution in [0.2, 0.25) is 0 Å². The summed E-state index contributed by atoms with van der Waals surface area (Å²) in [4.78, 5) is 11.7. The number of ketones is 1. The van der Waals surface area contributed by atoms with Gasteiger partial charge in [0.05, 0.1) is 5.56 Å². The van der Waals surface area contributed by atoms with Gasteiger partial charge in [0.1, 0.15) is 17.3 Å². The molecule has 16 heavy (non-hydrogen) atoms. The summed E-state index contributed by atoms with van der Waals surface area (Å²) in [6.45, 7) is 0. The number of halogens is 2. The molecule has 1 aromatic heterocycles. The fourth-order valence-corrected chi connectivity index (χ4v) is 1.38. The van der Waals surface area contributed by atoms with E-state index in [4.69, 9.17) is 0 Å². The largest absolute Gasteiger partial charge is 0.287 e. The van der Waals surface area contributed by atoms with Crippen molar-refractivity contribution in [3.63, 3.8) is 0 Å². The molecule has 0 N–H and O–H groups in total. The van der Waals surface area contributed by atoms with E-state index in [1.165, 1.54) is 23.0 Å². The topological polar surface area (TPSA) is 34.9 Å². The number of rotatable bonds is 2. The minimum absolute atomic E-state index is 0.0199. The summed E-state index contributed by atoms with van der Waals surface area (Å²) < 4.78 is 28.0. The Bertz CT molecular complexity index is 528. The van der Waals surface area contributed by atoms with E-state index >= 15 is 0 Å². The number of hydrogen-bond donors (Lipinski definition) is 0. The van der Waals surface area contributed by atoms with Crippen LogP contribution in [-0.4, -0.2) is 15.6 Å². The van der Waals surface area contributed by atoms with Gasteiger partial charge in [0.2, 0.25) is 5.78 Å². The molecule has 3 nitrogen and oxygen atoms in total. The van der Waals surface area contributed by atoms with Crippen molar-refractivity contribution in [1.82, 2.24) is 9.78 Å². The summed E-state index contributed by atoms with van der Waals surface area (Å²) in [5.41, 5.74) is -0.548. The zero-order chi connectivity index (χ0) is 11.7. The smallest absolute Gasteiger partial charge is 0.219 e. The molecule has 0 unspecified atom stereocenters. The third-order valence-electron chi connectivity index (χ3n) is 2.14. The Labute approximate surface area is 90.3 Å². The fraction of sp³-hybridized carbons (Fsp3) is 0.0909. The molecule has 0 saturated carbocycles. The molecule has 1 heterocycles. The number of hydrogen-bond acceptors (Lipinski definition) is 2. The first-order valence-electron chi connectivity index (χ1n) is 4.58. The Morgan fingerprint density at radius 2 is 1.88 bits per heavy atom. The van der Waals surface area contributed by atoms with Crippen molar-refractivity contribution < 1.29 is 13.6 Å². The maximum atomic E-state index is 13.3. The van der Waals surface area contributed by atoms with E-state index in [-0.39, 0.29) is 5.69 Å². The van der Waals surface area contributed by atoms with E-state index < -0.39 is 23.0 Å². The Kier molecular flexibility index (Phi) is 2.52. The van der Waals surface area contributed by atoms with E-state index in [1.54, 1.807) is 7.05 Å². The minimum Gasteiger partial charge on any atom is -0.287 e. The van der Waals surface area contributed by atoms with Crippen LogP contribution in [0.15, 0.2) is 30.5 Å². The predicted molar refractivity (Wildman–Crippen MR) is 53.0 cm³/mol. The van der Waals surface area contributed by atoms with E-state index in [0.29, 0.717) is 0 Å². The molecule has 1 aromatic carbocycles. The van der Waals surface area contributed by atoms with Gasteiger partial charge in [0.25, 0.3) is 0 Å². The lowest BCUT2D eigenvalue weighted by molar-refractivity contribution is 0.102. The molecule has 82 valence electrons. The average Bonchev–Trinajstić information content (AvgIpc) is 2.64. The van der Waals surface area contributed by atoms with Gasteiger partial charge in [-0.3, -0.25) is 9.48 Å². The van der Waals surface area contributed by atoms with Crippen LogP contribution >= 0.6 is 0 Å². The number of aryl methyl sites for hydroxylation is 1. The van der Waals surface area contributed by atoms with Crippen molar-refractivity contribution in [2.75, 3.05) is 0 Å². The van der Waals surface area contributed by atoms with Gasteiger partial charge < -0.3 is 0 Å². The second kappa shape index (κ2) is 3.84. The fourth-order valence-electron chi connectivity index (χ4n) is 1.38. The highest BCUT2D eigenvalue weighted by Crippen LogP contribution is 2.15. The normalized spacial score (nSPS) is 10.4. The lowest BCUT2D eigenvalue weighted by Gasteiger charge is -2.01. The van der Waals surface area contributed by atoms with Crippen molar-refractivity contribution in [3.05, 3.63) is 53.4 Å². The first-order chi connectivity index (χ1) is 7.59. The second-order valence-electron chi connectivity index (χ2n) is 3.30. The highest BCUT2D eigenvalue weighted by atomic mass is 19.1. The Morgan fingerprint density at radius 3 is 2.38 bits per heavy atom. The van der Waals surface area contributed by atoms with E-state index in [2.05, 4.69) is 5.10 Å². The van der Waals surface area contributed by atoms with Gasteiger partial charge in [0, 0.05) is 13.2 Å². The summed E-state index contributed by atoms with van der Waals surface area (Å²) in [5, 5.41) is 3.80. The third kappa shape index (κ3) is 1.71. The molecule has 0 aliphatic heterocycles. The molecule has 0 aliphatic carbocycles. The SMILES string of the molecule is Cn1ccc(C(=O)c2c(F)cccc2F)n1. The monoisotopic (exact) mass is 222 g/mol. The van der Waals surface area contributed by atoms with Gasteiger partial charge in [-0.05, 0) is 18.2 Å². The maximum Gasteiger partial charge on any atom is 0.219 e. The molecule has 0 saturated heterocycles. The molecule has 2 rings (SSSR count). The van der Waals surface area contributed by atoms with E-state index in [9.17, 15) is 13.6 Å². The second-order valence-corrected chi connectivity index (χ2v) is 3.30. The number of aromatic nitrogens is 2. The van der Waals surface area contributed by atoms with Crippen LogP contribution in [0.3, 0.4) is 0 Å². The van der Waals surface area contributed by atoms with Crippen LogP contribution in [0.4, 0.5) is 8.78 Å². The summed E-state index contributed by atoms with van der Waals surface area (Å²) in [6.07, 6.45) is 1.53. The molecular formula is C11H8F2N2O. The highest BCUT2D eigenvalue weighted by molar-refractivity contribution is 6.07. The molecule has 0 radical (unpaired) electrons. The molecule has 0 aliphatic rings. The highest BCUT2D eigenvalue weighted by Gasteiger charge is 2.20. The molecule has 0 bridgehead atoms. The van der Waals surface area contributed by atoms with Crippen LogP contribution in [0.1, 0.15) is 16.1 Å². The first-order valence-corrected chi connectivity index (χ1v) is 4.58. The van der Waals surface area contributed by atoms with Crippen LogP contribution in [-0.2, 0) is 7.05 Å². The van der Waals surface area contributed by atoms with Crippen molar-refractivity contribution in [2.24, 2.45) is 7.05 Å². The predicted octanol–water partition coefficient (Wildman–Crippen LogP) is 1.93. The van der Waals surface area contributed by atoms with Crippen molar-refractivity contribution in [1.29, 1.82) is 0 Å². The van der Waals surface area contributed by atoms with Crippen LogP contribution in [0, 0.1) is 11.6 Å². The van der Waals surface area contributed by atoms with Crippen LogP contribution in [0.5, 0.6) is 0 Å². The Morgan fingerprint density at radius 1 is 1.25 bits per heavy atom. The zero-order valence-corrected chi connectivity index (χ0v) is 8.45. The molecule has 0 atom stereocenters. The summed E-state index contributed by atoms with van der Waals surface area (Å²) in [6, 6.07) is 4.70. The molecule has 0 amide bonds. The zero-order valence-electron chi connectivity index (χ0n) is 8.45. The van der Waals surface area contributed by atoms with Gasteiger partial charge in [-0.15, -0.1) is 0 Å². The summed E-state index contributed by atoms with van der Waals surface area (Å²) >= 11 is 0. The molecule has 5 heteroatoms. The third-order valence-corrected chi connectivity index (χ3v) is 2.14. The quantitative estimate of drug-likeness (QED) is 0.728. The van der Waals surface area contributed by atoms with E-state index in [0.717, 1.165) is 12.1 Å². The van der Waals surface area contributed by atoms with E-state index in [1.807, 2.05) is 0 Å². The molecule has 2 aromatic rings. The Hall–Kier alpha value is -2.04. The van der Waals surface area contributed by atoms with Gasteiger partial charge in [-0.1, -0.05) is 6.07 Å². The van der Waals surface area contributed by atoms with Crippen LogP contribution in [0.25, 0.3) is 0 Å². The first kappa shape index (κ1) is 10.5. The van der Waals surface area contributed by atoms with Gasteiger partial charge in [-0.25, -0.2) is 8.78 Å². The maximum absolute atomic E-state index is 13.3. The average molecular weight is 222 g/mol. The summed E-state index contributed by atoms with van der Waals surface area (Å²) in [7, 11) is 1.62. The van der Waals surface area contributed by atoms with Crippen molar-refractivity contribution >= 4 is 5.78 Å². The number of carbonyl (C=O) groups is 1. The molecule has 0 fully saturated rings. The van der Waals surface area contributed by atoms with Crippen molar-refractivity contribution in [3.8, 4) is 0 Å². The molecular weight excluding hydrogens is 214 g/mol. The summed E-state index contributed by atoms with van der Waals surface area (Å²) in [5.74, 6) is -2.51. The minimum atomic E-state index is -0.879. The molecule has 0 spiro atoms. The van der Waals surface area contributed by atoms with Crippen LogP contribution < -0.4 is 0 Å². The lowest BCUT2D eigenvalue weighted by atomic mass is 10.1. The van der Waals surface area contributed by atoms with Gasteiger partial charge in [0.15, 0.2) is 0 Å². The Balaban J connectivity index is 2.49. The standard InChI is InChI=1S/C11H8F2N2O/c1-15-6-5-9(14-15)11(16)10-7(12)3-2-4-8(10)13/h2-6H,1H3. The van der Waals surface area contributed by atoms with Gasteiger partial charge in [-0.2, -0.15) is 5.10 Å². The number of carbonyl (C=O) groups excluding carboxylic acids is 1. The lowest BCUT2D eigenvalue weighted by Crippen LogP contribution is -2.08. The number of nitrogens with zero attached hydrogens (tertiary/aromatic N) is 2. The number of benzene rings is 1.